The van der Waals surface area contributed by atoms with Crippen LogP contribution in [0.15, 0.2) is 66.7 Å². The zero-order chi connectivity index (χ0) is 27.7. The molecule has 1 aliphatic rings. The van der Waals surface area contributed by atoms with Gasteiger partial charge in [0.15, 0.2) is 5.75 Å². The summed E-state index contributed by atoms with van der Waals surface area (Å²) < 4.78 is 0. The number of rotatable bonds is 5. The van der Waals surface area contributed by atoms with Crippen molar-refractivity contribution in [3.05, 3.63) is 104 Å². The van der Waals surface area contributed by atoms with E-state index in [4.69, 9.17) is 11.6 Å². The molecule has 1 aromatic heterocycles. The molecule has 1 saturated heterocycles. The number of hydrogen-bond donors (Lipinski definition) is 2. The number of carbonyl (C=O) groups excluding carboxylic acids is 2. The monoisotopic (exact) mass is 544 g/mol. The molecule has 3 aromatic carbocycles. The highest BCUT2D eigenvalue weighted by Gasteiger charge is 2.26. The quantitative estimate of drug-likeness (QED) is 0.231. The molecule has 1 fully saturated rings. The SMILES string of the molecule is Cc1cc(Cl)c2ccc(C(=O)Nc3ccc(C4CCN(C(=O)c5ccc(O)c([N+](=O)[O-])c5)CC4)cc3)cc2n1. The fourth-order valence-corrected chi connectivity index (χ4v) is 5.21. The van der Waals surface area contributed by atoms with Gasteiger partial charge in [0.25, 0.3) is 11.8 Å². The minimum Gasteiger partial charge on any atom is -0.502 e. The van der Waals surface area contributed by atoms with Crippen molar-refractivity contribution < 1.29 is 19.6 Å². The van der Waals surface area contributed by atoms with Gasteiger partial charge >= 0.3 is 5.69 Å². The Bertz CT molecular complexity index is 1600. The zero-order valence-corrected chi connectivity index (χ0v) is 21.8. The van der Waals surface area contributed by atoms with Crippen LogP contribution in [-0.4, -0.2) is 44.8 Å². The number of phenolic OH excluding ortho intramolecular Hbond substituents is 1. The summed E-state index contributed by atoms with van der Waals surface area (Å²) in [7, 11) is 0. The second-order valence-electron chi connectivity index (χ2n) is 9.58. The van der Waals surface area contributed by atoms with Crippen LogP contribution in [0.25, 0.3) is 10.9 Å². The lowest BCUT2D eigenvalue weighted by molar-refractivity contribution is -0.385. The number of aromatic nitrogens is 1. The van der Waals surface area contributed by atoms with Crippen LogP contribution in [-0.2, 0) is 0 Å². The van der Waals surface area contributed by atoms with E-state index in [1.807, 2.05) is 31.2 Å². The van der Waals surface area contributed by atoms with Gasteiger partial charge in [-0.25, -0.2) is 0 Å². The summed E-state index contributed by atoms with van der Waals surface area (Å²) in [5, 5.41) is 25.0. The number of piperidine rings is 1. The van der Waals surface area contributed by atoms with E-state index in [0.29, 0.717) is 34.9 Å². The van der Waals surface area contributed by atoms with E-state index < -0.39 is 16.4 Å². The van der Waals surface area contributed by atoms with Crippen molar-refractivity contribution in [2.45, 2.75) is 25.7 Å². The van der Waals surface area contributed by atoms with E-state index in [1.54, 1.807) is 29.2 Å². The van der Waals surface area contributed by atoms with Crippen molar-refractivity contribution in [1.29, 1.82) is 0 Å². The molecule has 198 valence electrons. The molecule has 2 N–H and O–H groups in total. The van der Waals surface area contributed by atoms with Gasteiger partial charge in [0, 0.05) is 47.1 Å². The highest BCUT2D eigenvalue weighted by Crippen LogP contribution is 2.31. The van der Waals surface area contributed by atoms with Crippen LogP contribution < -0.4 is 5.32 Å². The van der Waals surface area contributed by atoms with Crippen LogP contribution in [0.3, 0.4) is 0 Å². The first-order valence-corrected chi connectivity index (χ1v) is 12.8. The van der Waals surface area contributed by atoms with E-state index in [0.717, 1.165) is 35.6 Å². The molecule has 1 aliphatic heterocycles. The van der Waals surface area contributed by atoms with E-state index in [9.17, 15) is 24.8 Å². The molecule has 9 nitrogen and oxygen atoms in total. The van der Waals surface area contributed by atoms with Crippen LogP contribution in [0.1, 0.15) is 50.7 Å². The van der Waals surface area contributed by atoms with Crippen molar-refractivity contribution in [1.82, 2.24) is 9.88 Å². The third kappa shape index (κ3) is 5.53. The second-order valence-corrected chi connectivity index (χ2v) is 9.99. The minimum atomic E-state index is -0.708. The van der Waals surface area contributed by atoms with Gasteiger partial charge in [-0.2, -0.15) is 0 Å². The second kappa shape index (κ2) is 10.7. The summed E-state index contributed by atoms with van der Waals surface area (Å²) in [4.78, 5) is 42.2. The average molecular weight is 545 g/mol. The molecule has 5 rings (SSSR count). The Labute approximate surface area is 229 Å². The van der Waals surface area contributed by atoms with Gasteiger partial charge in [0.05, 0.1) is 15.5 Å². The number of benzene rings is 3. The third-order valence-electron chi connectivity index (χ3n) is 6.99. The van der Waals surface area contributed by atoms with Gasteiger partial charge < -0.3 is 15.3 Å². The van der Waals surface area contributed by atoms with Crippen molar-refractivity contribution in [2.24, 2.45) is 0 Å². The summed E-state index contributed by atoms with van der Waals surface area (Å²) in [6.07, 6.45) is 1.48. The number of hydrogen-bond acceptors (Lipinski definition) is 6. The maximum Gasteiger partial charge on any atom is 0.311 e. The van der Waals surface area contributed by atoms with Gasteiger partial charge in [-0.15, -0.1) is 0 Å². The summed E-state index contributed by atoms with van der Waals surface area (Å²) in [5.74, 6) is -0.766. The first kappa shape index (κ1) is 26.1. The molecular weight excluding hydrogens is 520 g/mol. The Hall–Kier alpha value is -4.50. The number of phenols is 1. The minimum absolute atomic E-state index is 0.179. The van der Waals surface area contributed by atoms with Crippen molar-refractivity contribution in [3.8, 4) is 5.75 Å². The van der Waals surface area contributed by atoms with E-state index in [2.05, 4.69) is 10.3 Å². The molecule has 0 bridgehead atoms. The van der Waals surface area contributed by atoms with E-state index >= 15 is 0 Å². The number of aryl methyl sites for hydroxylation is 1. The molecule has 10 heteroatoms. The number of halogens is 1. The summed E-state index contributed by atoms with van der Waals surface area (Å²) >= 11 is 6.28. The maximum atomic E-state index is 12.9. The standard InChI is InChI=1S/C29H25ClN4O5/c1-17-14-24(30)23-8-4-20(15-25(23)31-17)28(36)32-22-6-2-18(3-7-22)19-10-12-33(13-11-19)29(37)21-5-9-27(35)26(16-21)34(38)39/h2-9,14-16,19,35H,10-13H2,1H3,(H,32,36). The maximum absolute atomic E-state index is 12.9. The topological polar surface area (TPSA) is 126 Å². The van der Waals surface area contributed by atoms with Crippen molar-refractivity contribution in [3.63, 3.8) is 0 Å². The van der Waals surface area contributed by atoms with Crippen molar-refractivity contribution in [2.75, 3.05) is 18.4 Å². The summed E-state index contributed by atoms with van der Waals surface area (Å²) in [6, 6.07) is 18.4. The molecule has 0 unspecified atom stereocenters. The highest BCUT2D eigenvalue weighted by atomic mass is 35.5. The number of pyridine rings is 1. The fourth-order valence-electron chi connectivity index (χ4n) is 4.89. The van der Waals surface area contributed by atoms with Gasteiger partial charge in [-0.05, 0) is 73.7 Å². The van der Waals surface area contributed by atoms with Crippen LogP contribution >= 0.6 is 11.6 Å². The Morgan fingerprint density at radius 2 is 1.72 bits per heavy atom. The van der Waals surface area contributed by atoms with Crippen LogP contribution in [0.2, 0.25) is 5.02 Å². The third-order valence-corrected chi connectivity index (χ3v) is 7.30. The molecule has 39 heavy (non-hydrogen) atoms. The number of anilines is 1. The van der Waals surface area contributed by atoms with Gasteiger partial charge in [-0.3, -0.25) is 24.7 Å². The number of fused-ring (bicyclic) bond motifs is 1. The molecule has 0 spiro atoms. The first-order valence-electron chi connectivity index (χ1n) is 12.4. The molecular formula is C29H25ClN4O5. The molecule has 0 saturated carbocycles. The van der Waals surface area contributed by atoms with Gasteiger partial charge in [-0.1, -0.05) is 29.8 Å². The lowest BCUT2D eigenvalue weighted by Gasteiger charge is -2.32. The number of nitro benzene ring substituents is 1. The van der Waals surface area contributed by atoms with Crippen LogP contribution in [0.4, 0.5) is 11.4 Å². The highest BCUT2D eigenvalue weighted by molar-refractivity contribution is 6.35. The predicted octanol–water partition coefficient (Wildman–Crippen LogP) is 6.08. The molecule has 2 heterocycles. The number of carbonyl (C=O) groups is 2. The summed E-state index contributed by atoms with van der Waals surface area (Å²) in [6.45, 7) is 2.87. The Morgan fingerprint density at radius 1 is 1.03 bits per heavy atom. The normalized spacial score (nSPS) is 13.8. The van der Waals surface area contributed by atoms with Gasteiger partial charge in [0.2, 0.25) is 0 Å². The number of aromatic hydroxyl groups is 1. The fraction of sp³-hybridized carbons (Fsp3) is 0.207. The average Bonchev–Trinajstić information content (AvgIpc) is 2.93. The molecule has 0 atom stereocenters. The van der Waals surface area contributed by atoms with Gasteiger partial charge in [0.1, 0.15) is 0 Å². The largest absolute Gasteiger partial charge is 0.502 e. The van der Waals surface area contributed by atoms with Crippen molar-refractivity contribution >= 4 is 45.7 Å². The smallest absolute Gasteiger partial charge is 0.311 e. The number of nitro groups is 1. The lowest BCUT2D eigenvalue weighted by Crippen LogP contribution is -2.37. The number of nitrogens with zero attached hydrogens (tertiary/aromatic N) is 3. The van der Waals surface area contributed by atoms with E-state index in [-0.39, 0.29) is 23.3 Å². The Kier molecular flexibility index (Phi) is 7.17. The lowest BCUT2D eigenvalue weighted by atomic mass is 9.89. The number of amides is 2. The van der Waals surface area contributed by atoms with Crippen LogP contribution in [0, 0.1) is 17.0 Å². The summed E-state index contributed by atoms with van der Waals surface area (Å²) in [5.41, 5.74) is 3.40. The molecule has 0 radical (unpaired) electrons. The number of nitrogens with one attached hydrogen (secondary N) is 1. The van der Waals surface area contributed by atoms with Crippen LogP contribution in [0.5, 0.6) is 5.75 Å². The zero-order valence-electron chi connectivity index (χ0n) is 21.1. The number of likely N-dealkylation sites (tertiary alicyclic amines) is 1. The Balaban J connectivity index is 1.20. The molecule has 4 aromatic rings. The van der Waals surface area contributed by atoms with E-state index in [1.165, 1.54) is 12.1 Å². The molecule has 0 aliphatic carbocycles. The first-order chi connectivity index (χ1) is 18.7. The Morgan fingerprint density at radius 3 is 2.41 bits per heavy atom. The predicted molar refractivity (Wildman–Crippen MR) is 149 cm³/mol. The molecule has 2 amide bonds.